The average molecular weight is 337 g/mol. The van der Waals surface area contributed by atoms with Gasteiger partial charge in [-0.3, -0.25) is 4.79 Å². The number of nitrogens with one attached hydrogen (secondary N) is 1. The lowest BCUT2D eigenvalue weighted by atomic mass is 9.62. The third kappa shape index (κ3) is 2.98. The summed E-state index contributed by atoms with van der Waals surface area (Å²) in [6.07, 6.45) is 4.46. The number of carbonyl (C=O) groups is 1. The molecule has 126 valence electrons. The van der Waals surface area contributed by atoms with Crippen LogP contribution >= 0.6 is 11.8 Å². The van der Waals surface area contributed by atoms with E-state index in [1.165, 1.54) is 11.8 Å². The highest BCUT2D eigenvalue weighted by molar-refractivity contribution is 7.98. The van der Waals surface area contributed by atoms with Gasteiger partial charge in [-0.15, -0.1) is 0 Å². The molecule has 0 unspecified atom stereocenters. The normalized spacial score (nSPS) is 19.2. The van der Waals surface area contributed by atoms with E-state index in [0.717, 1.165) is 30.5 Å². The molecule has 3 rings (SSSR count). The Labute approximate surface area is 140 Å². The molecule has 1 fully saturated rings. The van der Waals surface area contributed by atoms with Gasteiger partial charge in [0.15, 0.2) is 5.16 Å². The van der Waals surface area contributed by atoms with Gasteiger partial charge in [-0.1, -0.05) is 18.2 Å². The van der Waals surface area contributed by atoms with Crippen LogP contribution in [0.25, 0.3) is 0 Å². The summed E-state index contributed by atoms with van der Waals surface area (Å²) in [7, 11) is 0. The second-order valence-electron chi connectivity index (χ2n) is 7.37. The molecule has 1 spiro atoms. The Morgan fingerprint density at radius 3 is 2.61 bits per heavy atom. The molecule has 7 heteroatoms. The van der Waals surface area contributed by atoms with E-state index >= 15 is 0 Å². The predicted molar refractivity (Wildman–Crippen MR) is 88.8 cm³/mol. The van der Waals surface area contributed by atoms with Gasteiger partial charge < -0.3 is 14.6 Å². The fraction of sp³-hybridized carbons (Fsp3) is 0.688. The number of carbonyl (C=O) groups excluding carboxylic acids is 1. The topological polar surface area (TPSA) is 75.3 Å². The first-order chi connectivity index (χ1) is 10.7. The zero-order chi connectivity index (χ0) is 16.8. The van der Waals surface area contributed by atoms with E-state index in [9.17, 15) is 9.59 Å². The molecule has 1 amide bonds. The number of H-pyrrole nitrogens is 1. The van der Waals surface area contributed by atoms with Gasteiger partial charge in [0.05, 0.1) is 12.2 Å². The van der Waals surface area contributed by atoms with Crippen molar-refractivity contribution in [1.82, 2.24) is 14.9 Å². The van der Waals surface area contributed by atoms with Gasteiger partial charge in [0.2, 0.25) is 0 Å². The average Bonchev–Trinajstić information content (AvgIpc) is 2.42. The quantitative estimate of drug-likeness (QED) is 0.630. The summed E-state index contributed by atoms with van der Waals surface area (Å²) < 4.78 is 5.51. The Hall–Kier alpha value is -1.50. The van der Waals surface area contributed by atoms with Crippen LogP contribution in [-0.4, -0.2) is 39.4 Å². The minimum Gasteiger partial charge on any atom is -0.444 e. The number of hydrogen-bond acceptors (Lipinski definition) is 5. The van der Waals surface area contributed by atoms with Crippen LogP contribution in [0.15, 0.2) is 9.95 Å². The van der Waals surface area contributed by atoms with Gasteiger partial charge >= 0.3 is 6.09 Å². The minimum atomic E-state index is -0.532. The molecule has 1 aromatic heterocycles. The number of rotatable bonds is 1. The van der Waals surface area contributed by atoms with Crippen molar-refractivity contribution < 1.29 is 9.53 Å². The molecule has 1 aromatic rings. The number of aromatic nitrogens is 2. The summed E-state index contributed by atoms with van der Waals surface area (Å²) in [4.78, 5) is 34.1. The highest BCUT2D eigenvalue weighted by Crippen LogP contribution is 2.46. The third-order valence-corrected chi connectivity index (χ3v) is 5.07. The SMILES string of the molecule is CSc1nc2c(c(=O)[nH]1)C1(CCC1)CN(C(=O)OC(C)(C)C)C2. The number of fused-ring (bicyclic) bond motifs is 2. The molecular formula is C16H23N3O3S. The highest BCUT2D eigenvalue weighted by atomic mass is 32.2. The zero-order valence-corrected chi connectivity index (χ0v) is 14.9. The Balaban J connectivity index is 1.97. The van der Waals surface area contributed by atoms with Crippen LogP contribution in [0.1, 0.15) is 51.3 Å². The van der Waals surface area contributed by atoms with Crippen LogP contribution in [0.5, 0.6) is 0 Å². The number of nitrogens with zero attached hydrogens (tertiary/aromatic N) is 2. The van der Waals surface area contributed by atoms with E-state index in [2.05, 4.69) is 9.97 Å². The van der Waals surface area contributed by atoms with Crippen LogP contribution in [-0.2, 0) is 16.7 Å². The fourth-order valence-electron chi connectivity index (χ4n) is 3.40. The Morgan fingerprint density at radius 2 is 2.09 bits per heavy atom. The molecule has 1 N–H and O–H groups in total. The zero-order valence-electron chi connectivity index (χ0n) is 14.1. The fourth-order valence-corrected chi connectivity index (χ4v) is 3.80. The van der Waals surface area contributed by atoms with Crippen molar-refractivity contribution in [2.24, 2.45) is 0 Å². The first kappa shape index (κ1) is 16.4. The Morgan fingerprint density at radius 1 is 1.39 bits per heavy atom. The molecule has 0 atom stereocenters. The number of amides is 1. The van der Waals surface area contributed by atoms with E-state index in [4.69, 9.17) is 4.74 Å². The summed E-state index contributed by atoms with van der Waals surface area (Å²) in [6.45, 7) is 6.45. The number of aromatic amines is 1. The number of thioether (sulfide) groups is 1. The van der Waals surface area contributed by atoms with E-state index < -0.39 is 5.60 Å². The molecule has 1 aliphatic heterocycles. The van der Waals surface area contributed by atoms with E-state index in [0.29, 0.717) is 18.2 Å². The smallest absolute Gasteiger partial charge is 0.410 e. The van der Waals surface area contributed by atoms with E-state index in [1.807, 2.05) is 27.0 Å². The monoisotopic (exact) mass is 337 g/mol. The highest BCUT2D eigenvalue weighted by Gasteiger charge is 2.48. The molecule has 1 saturated carbocycles. The molecule has 1 aliphatic carbocycles. The van der Waals surface area contributed by atoms with Crippen molar-refractivity contribution in [3.8, 4) is 0 Å². The standard InChI is InChI=1S/C16H23N3O3S/c1-15(2,3)22-14(21)19-8-10-11(16(9-19)6-5-7-16)12(20)18-13(17-10)23-4/h5-9H2,1-4H3,(H,17,18,20). The largest absolute Gasteiger partial charge is 0.444 e. The van der Waals surface area contributed by atoms with E-state index in [1.54, 1.807) is 4.90 Å². The molecule has 0 radical (unpaired) electrons. The number of hydrogen-bond donors (Lipinski definition) is 1. The maximum atomic E-state index is 12.5. The maximum absolute atomic E-state index is 12.5. The molecular weight excluding hydrogens is 314 g/mol. The molecule has 0 bridgehead atoms. The third-order valence-electron chi connectivity index (χ3n) is 4.49. The van der Waals surface area contributed by atoms with Crippen molar-refractivity contribution in [3.63, 3.8) is 0 Å². The lowest BCUT2D eigenvalue weighted by Gasteiger charge is -2.48. The van der Waals surface area contributed by atoms with Gasteiger partial charge in [0.25, 0.3) is 5.56 Å². The van der Waals surface area contributed by atoms with Gasteiger partial charge in [-0.2, -0.15) is 0 Å². The summed E-state index contributed by atoms with van der Waals surface area (Å²) >= 11 is 1.40. The first-order valence-corrected chi connectivity index (χ1v) is 9.12. The van der Waals surface area contributed by atoms with Crippen molar-refractivity contribution in [2.75, 3.05) is 12.8 Å². The molecule has 2 heterocycles. The Bertz CT molecular complexity index is 689. The summed E-state index contributed by atoms with van der Waals surface area (Å²) in [5.74, 6) is 0. The van der Waals surface area contributed by atoms with Crippen LogP contribution < -0.4 is 5.56 Å². The molecule has 6 nitrogen and oxygen atoms in total. The van der Waals surface area contributed by atoms with Crippen LogP contribution in [0.4, 0.5) is 4.79 Å². The van der Waals surface area contributed by atoms with Crippen molar-refractivity contribution in [2.45, 2.75) is 62.8 Å². The summed E-state index contributed by atoms with van der Waals surface area (Å²) in [6, 6.07) is 0. The predicted octanol–water partition coefficient (Wildman–Crippen LogP) is 2.66. The number of ether oxygens (including phenoxy) is 1. The second-order valence-corrected chi connectivity index (χ2v) is 8.16. The molecule has 0 aromatic carbocycles. The van der Waals surface area contributed by atoms with Gasteiger partial charge in [0.1, 0.15) is 5.60 Å². The maximum Gasteiger partial charge on any atom is 0.410 e. The summed E-state index contributed by atoms with van der Waals surface area (Å²) in [5.41, 5.74) is 0.664. The van der Waals surface area contributed by atoms with Crippen LogP contribution in [0.2, 0.25) is 0 Å². The minimum absolute atomic E-state index is 0.0529. The summed E-state index contributed by atoms with van der Waals surface area (Å²) in [5, 5.41) is 0.592. The lowest BCUT2D eigenvalue weighted by Crippen LogP contribution is -2.55. The molecule has 0 saturated heterocycles. The molecule has 2 aliphatic rings. The lowest BCUT2D eigenvalue weighted by molar-refractivity contribution is 0.00888. The van der Waals surface area contributed by atoms with Gasteiger partial charge in [-0.25, -0.2) is 9.78 Å². The second kappa shape index (κ2) is 5.54. The van der Waals surface area contributed by atoms with Crippen molar-refractivity contribution in [3.05, 3.63) is 21.6 Å². The van der Waals surface area contributed by atoms with Crippen molar-refractivity contribution >= 4 is 17.9 Å². The van der Waals surface area contributed by atoms with Crippen LogP contribution in [0.3, 0.4) is 0 Å². The van der Waals surface area contributed by atoms with Gasteiger partial charge in [-0.05, 0) is 39.9 Å². The molecule has 23 heavy (non-hydrogen) atoms. The Kier molecular flexibility index (Phi) is 3.94. The first-order valence-electron chi connectivity index (χ1n) is 7.90. The van der Waals surface area contributed by atoms with E-state index in [-0.39, 0.29) is 17.1 Å². The van der Waals surface area contributed by atoms with Gasteiger partial charge in [0, 0.05) is 17.5 Å². The van der Waals surface area contributed by atoms with Crippen molar-refractivity contribution in [1.29, 1.82) is 0 Å². The van der Waals surface area contributed by atoms with Crippen LogP contribution in [0, 0.1) is 0 Å².